The maximum absolute atomic E-state index is 6.30. The van der Waals surface area contributed by atoms with Crippen LogP contribution in [0, 0.1) is 9.49 Å². The molecule has 16 heavy (non-hydrogen) atoms. The summed E-state index contributed by atoms with van der Waals surface area (Å²) < 4.78 is 6.66. The van der Waals surface area contributed by atoms with E-state index in [0.717, 1.165) is 36.6 Å². The fourth-order valence-corrected chi connectivity index (χ4v) is 2.95. The van der Waals surface area contributed by atoms with E-state index in [1.165, 1.54) is 3.57 Å². The van der Waals surface area contributed by atoms with Crippen molar-refractivity contribution in [2.75, 3.05) is 13.2 Å². The first-order valence-corrected chi connectivity index (χ1v) is 6.92. The molecule has 1 aliphatic heterocycles. The molecule has 2 N–H and O–H groups in total. The molecule has 0 aliphatic carbocycles. The van der Waals surface area contributed by atoms with Crippen LogP contribution in [0.15, 0.2) is 18.2 Å². The molecule has 88 valence electrons. The van der Waals surface area contributed by atoms with Crippen LogP contribution in [-0.4, -0.2) is 13.2 Å². The highest BCUT2D eigenvalue weighted by atomic mass is 127. The van der Waals surface area contributed by atoms with Gasteiger partial charge in [0.25, 0.3) is 0 Å². The standard InChI is InChI=1S/C12H15ClINO/c13-9-3-4-11(14)10(6-9)12(15)8-2-1-5-16-7-8/h3-4,6,8,12H,1-2,5,7,15H2. The first kappa shape index (κ1) is 12.6. The third-order valence-electron chi connectivity index (χ3n) is 3.02. The molecule has 2 rings (SSSR count). The maximum atomic E-state index is 6.30. The van der Waals surface area contributed by atoms with Crippen molar-refractivity contribution in [2.24, 2.45) is 11.7 Å². The SMILES string of the molecule is NC(c1cc(Cl)ccc1I)C1CCCOC1. The van der Waals surface area contributed by atoms with E-state index in [0.29, 0.717) is 5.92 Å². The summed E-state index contributed by atoms with van der Waals surface area (Å²) >= 11 is 8.32. The van der Waals surface area contributed by atoms with Gasteiger partial charge < -0.3 is 10.5 Å². The summed E-state index contributed by atoms with van der Waals surface area (Å²) in [5.41, 5.74) is 7.44. The summed E-state index contributed by atoms with van der Waals surface area (Å²) in [4.78, 5) is 0. The molecule has 1 heterocycles. The molecule has 1 saturated heterocycles. The van der Waals surface area contributed by atoms with Crippen LogP contribution in [0.25, 0.3) is 0 Å². The number of ether oxygens (including phenoxy) is 1. The molecule has 2 nitrogen and oxygen atoms in total. The lowest BCUT2D eigenvalue weighted by molar-refractivity contribution is 0.0447. The minimum atomic E-state index is 0.0332. The van der Waals surface area contributed by atoms with E-state index >= 15 is 0 Å². The number of halogens is 2. The largest absolute Gasteiger partial charge is 0.381 e. The van der Waals surface area contributed by atoms with E-state index in [4.69, 9.17) is 22.1 Å². The van der Waals surface area contributed by atoms with Crippen LogP contribution in [0.4, 0.5) is 0 Å². The third-order valence-corrected chi connectivity index (χ3v) is 4.24. The molecular weight excluding hydrogens is 336 g/mol. The highest BCUT2D eigenvalue weighted by Gasteiger charge is 2.23. The van der Waals surface area contributed by atoms with Gasteiger partial charge in [0.1, 0.15) is 0 Å². The number of benzene rings is 1. The molecule has 1 fully saturated rings. The quantitative estimate of drug-likeness (QED) is 0.829. The smallest absolute Gasteiger partial charge is 0.0512 e. The van der Waals surface area contributed by atoms with Gasteiger partial charge >= 0.3 is 0 Å². The van der Waals surface area contributed by atoms with Gasteiger partial charge in [-0.25, -0.2) is 0 Å². The van der Waals surface area contributed by atoms with Crippen LogP contribution in [-0.2, 0) is 4.74 Å². The second kappa shape index (κ2) is 5.67. The third kappa shape index (κ3) is 2.88. The molecule has 0 spiro atoms. The zero-order chi connectivity index (χ0) is 11.5. The Bertz CT molecular complexity index is 366. The van der Waals surface area contributed by atoms with Crippen LogP contribution in [0.2, 0.25) is 5.02 Å². The molecule has 1 aromatic rings. The Hall–Kier alpha value is 0.160. The van der Waals surface area contributed by atoms with Gasteiger partial charge in [0.2, 0.25) is 0 Å². The Balaban J connectivity index is 2.18. The molecule has 4 heteroatoms. The van der Waals surface area contributed by atoms with Crippen molar-refractivity contribution in [1.29, 1.82) is 0 Å². The summed E-state index contributed by atoms with van der Waals surface area (Å²) in [7, 11) is 0. The van der Waals surface area contributed by atoms with Gasteiger partial charge in [0, 0.05) is 27.2 Å². The molecule has 2 unspecified atom stereocenters. The Morgan fingerprint density at radius 2 is 2.31 bits per heavy atom. The van der Waals surface area contributed by atoms with Crippen molar-refractivity contribution in [2.45, 2.75) is 18.9 Å². The fourth-order valence-electron chi connectivity index (χ4n) is 2.07. The monoisotopic (exact) mass is 351 g/mol. The Morgan fingerprint density at radius 3 is 3.00 bits per heavy atom. The summed E-state index contributed by atoms with van der Waals surface area (Å²) in [6, 6.07) is 5.92. The van der Waals surface area contributed by atoms with Gasteiger partial charge in [0.05, 0.1) is 6.61 Å². The van der Waals surface area contributed by atoms with Gasteiger partial charge in [-0.05, 0) is 59.2 Å². The van der Waals surface area contributed by atoms with Gasteiger partial charge in [-0.15, -0.1) is 0 Å². The maximum Gasteiger partial charge on any atom is 0.0512 e. The van der Waals surface area contributed by atoms with Gasteiger partial charge in [-0.1, -0.05) is 11.6 Å². The minimum absolute atomic E-state index is 0.0332. The predicted molar refractivity (Wildman–Crippen MR) is 74.6 cm³/mol. The summed E-state index contributed by atoms with van der Waals surface area (Å²) in [5, 5.41) is 0.752. The van der Waals surface area contributed by atoms with Crippen LogP contribution in [0.5, 0.6) is 0 Å². The average molecular weight is 352 g/mol. The zero-order valence-corrected chi connectivity index (χ0v) is 11.9. The van der Waals surface area contributed by atoms with Crippen LogP contribution in [0.1, 0.15) is 24.4 Å². The molecule has 2 atom stereocenters. The second-order valence-corrected chi connectivity index (χ2v) is 5.77. The molecule has 0 radical (unpaired) electrons. The zero-order valence-electron chi connectivity index (χ0n) is 8.96. The summed E-state index contributed by atoms with van der Waals surface area (Å²) in [5.74, 6) is 0.417. The van der Waals surface area contributed by atoms with E-state index in [2.05, 4.69) is 22.6 Å². The summed E-state index contributed by atoms with van der Waals surface area (Å²) in [6.07, 6.45) is 2.25. The Morgan fingerprint density at radius 1 is 1.50 bits per heavy atom. The number of nitrogens with two attached hydrogens (primary N) is 1. The van der Waals surface area contributed by atoms with E-state index < -0.39 is 0 Å². The van der Waals surface area contributed by atoms with Crippen LogP contribution >= 0.6 is 34.2 Å². The van der Waals surface area contributed by atoms with Crippen molar-refractivity contribution in [3.8, 4) is 0 Å². The first-order chi connectivity index (χ1) is 7.68. The van der Waals surface area contributed by atoms with Crippen molar-refractivity contribution in [1.82, 2.24) is 0 Å². The lowest BCUT2D eigenvalue weighted by atomic mass is 9.89. The highest BCUT2D eigenvalue weighted by molar-refractivity contribution is 14.1. The van der Waals surface area contributed by atoms with Gasteiger partial charge in [-0.3, -0.25) is 0 Å². The Labute approximate surface area is 115 Å². The molecule has 0 aromatic heterocycles. The number of hydrogen-bond donors (Lipinski definition) is 1. The van der Waals surface area contributed by atoms with E-state index in [1.54, 1.807) is 0 Å². The normalized spacial score (nSPS) is 23.1. The Kier molecular flexibility index (Phi) is 4.47. The van der Waals surface area contributed by atoms with Gasteiger partial charge in [-0.2, -0.15) is 0 Å². The molecular formula is C12H15ClINO. The van der Waals surface area contributed by atoms with Crippen LogP contribution < -0.4 is 5.73 Å². The number of hydrogen-bond acceptors (Lipinski definition) is 2. The summed E-state index contributed by atoms with van der Waals surface area (Å²) in [6.45, 7) is 1.64. The van der Waals surface area contributed by atoms with E-state index in [9.17, 15) is 0 Å². The lowest BCUT2D eigenvalue weighted by Gasteiger charge is -2.28. The van der Waals surface area contributed by atoms with Crippen molar-refractivity contribution in [3.05, 3.63) is 32.4 Å². The lowest BCUT2D eigenvalue weighted by Crippen LogP contribution is -2.29. The number of rotatable bonds is 2. The molecule has 0 saturated carbocycles. The first-order valence-electron chi connectivity index (χ1n) is 5.47. The van der Waals surface area contributed by atoms with Crippen molar-refractivity contribution in [3.63, 3.8) is 0 Å². The second-order valence-electron chi connectivity index (χ2n) is 4.17. The minimum Gasteiger partial charge on any atom is -0.381 e. The highest BCUT2D eigenvalue weighted by Crippen LogP contribution is 2.31. The topological polar surface area (TPSA) is 35.2 Å². The van der Waals surface area contributed by atoms with E-state index in [-0.39, 0.29) is 6.04 Å². The molecule has 1 aromatic carbocycles. The average Bonchev–Trinajstić information content (AvgIpc) is 2.32. The fraction of sp³-hybridized carbons (Fsp3) is 0.500. The van der Waals surface area contributed by atoms with E-state index in [1.807, 2.05) is 18.2 Å². The molecule has 1 aliphatic rings. The predicted octanol–water partition coefficient (Wildman–Crippen LogP) is 3.37. The molecule has 0 amide bonds. The van der Waals surface area contributed by atoms with Crippen molar-refractivity contribution < 1.29 is 4.74 Å². The van der Waals surface area contributed by atoms with Crippen LogP contribution in [0.3, 0.4) is 0 Å². The van der Waals surface area contributed by atoms with Gasteiger partial charge in [0.15, 0.2) is 0 Å². The van der Waals surface area contributed by atoms with Crippen molar-refractivity contribution >= 4 is 34.2 Å². The molecule has 0 bridgehead atoms.